The lowest BCUT2D eigenvalue weighted by Gasteiger charge is -2.19. The highest BCUT2D eigenvalue weighted by Crippen LogP contribution is 2.26. The molecule has 1 atom stereocenters. The number of benzene rings is 1. The van der Waals surface area contributed by atoms with E-state index in [4.69, 9.17) is 9.84 Å². The number of rotatable bonds is 5. The van der Waals surface area contributed by atoms with Crippen LogP contribution in [0.5, 0.6) is 5.75 Å². The first-order chi connectivity index (χ1) is 8.45. The summed E-state index contributed by atoms with van der Waals surface area (Å²) in [6, 6.07) is 6.28. The Morgan fingerprint density at radius 3 is 2.44 bits per heavy atom. The van der Waals surface area contributed by atoms with Gasteiger partial charge in [0.1, 0.15) is 5.75 Å². The molecule has 0 fully saturated rings. The number of esters is 1. The van der Waals surface area contributed by atoms with Gasteiger partial charge in [0.05, 0.1) is 14.2 Å². The number of hydrogen-bond donors (Lipinski definition) is 1. The minimum absolute atomic E-state index is 0.273. The number of hydrogen-bond acceptors (Lipinski definition) is 4. The highest BCUT2D eigenvalue weighted by Gasteiger charge is 2.49. The van der Waals surface area contributed by atoms with Crippen LogP contribution in [0.25, 0.3) is 0 Å². The third-order valence-electron chi connectivity index (χ3n) is 2.47. The van der Waals surface area contributed by atoms with Crippen LogP contribution in [0.3, 0.4) is 0 Å². The van der Waals surface area contributed by atoms with Crippen molar-refractivity contribution in [3.63, 3.8) is 0 Å². The summed E-state index contributed by atoms with van der Waals surface area (Å²) in [6.07, 6.45) is -0.654. The highest BCUT2D eigenvalue weighted by molar-refractivity contribution is 6.02. The number of carboxylic acid groups (broad SMARTS) is 1. The van der Waals surface area contributed by atoms with Gasteiger partial charge >= 0.3 is 17.6 Å². The molecule has 1 aromatic rings. The molecule has 0 bridgehead atoms. The Kier molecular flexibility index (Phi) is 4.25. The van der Waals surface area contributed by atoms with Crippen molar-refractivity contribution in [3.05, 3.63) is 29.8 Å². The van der Waals surface area contributed by atoms with Crippen molar-refractivity contribution in [2.45, 2.75) is 12.1 Å². The van der Waals surface area contributed by atoms with Crippen LogP contribution in [0.15, 0.2) is 24.3 Å². The quantitative estimate of drug-likeness (QED) is 0.633. The van der Waals surface area contributed by atoms with Gasteiger partial charge in [-0.05, 0) is 11.6 Å². The second-order valence-corrected chi connectivity index (χ2v) is 3.59. The molecule has 0 aliphatic carbocycles. The fourth-order valence-corrected chi connectivity index (χ4v) is 1.51. The molecule has 1 rings (SSSR count). The summed E-state index contributed by atoms with van der Waals surface area (Å²) in [7, 11) is 2.31. The third-order valence-corrected chi connectivity index (χ3v) is 2.47. The molecule has 5 nitrogen and oxygen atoms in total. The van der Waals surface area contributed by atoms with Gasteiger partial charge in [0.25, 0.3) is 0 Å². The first-order valence-corrected chi connectivity index (χ1v) is 5.08. The normalized spacial score (nSPS) is 13.5. The standard InChI is InChI=1S/C12H13FO5/c1-17-9-6-4-3-5-8(9)7-12(13,10(14)15)11(16)18-2/h3-6H,7H2,1-2H3,(H,14,15). The molecule has 0 spiro atoms. The van der Waals surface area contributed by atoms with E-state index < -0.39 is 24.0 Å². The number of carbonyl (C=O) groups excluding carboxylic acids is 1. The van der Waals surface area contributed by atoms with Gasteiger partial charge in [-0.25, -0.2) is 14.0 Å². The molecule has 0 aliphatic rings. The summed E-state index contributed by atoms with van der Waals surface area (Å²) >= 11 is 0. The molecule has 0 radical (unpaired) electrons. The van der Waals surface area contributed by atoms with E-state index in [9.17, 15) is 14.0 Å². The van der Waals surface area contributed by atoms with E-state index in [1.165, 1.54) is 13.2 Å². The van der Waals surface area contributed by atoms with Gasteiger partial charge in [-0.2, -0.15) is 0 Å². The van der Waals surface area contributed by atoms with Crippen LogP contribution >= 0.6 is 0 Å². The van der Waals surface area contributed by atoms with Gasteiger partial charge in [-0.15, -0.1) is 0 Å². The zero-order valence-corrected chi connectivity index (χ0v) is 9.97. The molecular weight excluding hydrogens is 243 g/mol. The first-order valence-electron chi connectivity index (χ1n) is 5.08. The molecule has 1 N–H and O–H groups in total. The van der Waals surface area contributed by atoms with Crippen LogP contribution in [0.1, 0.15) is 5.56 Å². The van der Waals surface area contributed by atoms with Crippen molar-refractivity contribution in [3.8, 4) is 5.75 Å². The molecular formula is C12H13FO5. The van der Waals surface area contributed by atoms with Gasteiger partial charge in [0.15, 0.2) is 0 Å². The van der Waals surface area contributed by atoms with Crippen LogP contribution in [-0.4, -0.2) is 36.9 Å². The van der Waals surface area contributed by atoms with E-state index in [0.29, 0.717) is 5.75 Å². The maximum absolute atomic E-state index is 14.2. The topological polar surface area (TPSA) is 72.8 Å². The van der Waals surface area contributed by atoms with E-state index >= 15 is 0 Å². The third kappa shape index (κ3) is 2.58. The van der Waals surface area contributed by atoms with Crippen molar-refractivity contribution in [1.29, 1.82) is 0 Å². The molecule has 1 unspecified atom stereocenters. The Bertz CT molecular complexity index is 460. The van der Waals surface area contributed by atoms with Gasteiger partial charge in [0, 0.05) is 6.42 Å². The van der Waals surface area contributed by atoms with Gasteiger partial charge in [-0.1, -0.05) is 18.2 Å². The predicted octanol–water partition coefficient (Wildman–Crippen LogP) is 1.20. The minimum Gasteiger partial charge on any atom is -0.496 e. The predicted molar refractivity (Wildman–Crippen MR) is 60.2 cm³/mol. The molecule has 6 heteroatoms. The summed E-state index contributed by atoms with van der Waals surface area (Å²) in [6.45, 7) is 0. The number of carbonyl (C=O) groups is 2. The summed E-state index contributed by atoms with van der Waals surface area (Å²) < 4.78 is 23.3. The Morgan fingerprint density at radius 1 is 1.33 bits per heavy atom. The van der Waals surface area contributed by atoms with E-state index in [1.54, 1.807) is 18.2 Å². The van der Waals surface area contributed by atoms with Gasteiger partial charge < -0.3 is 14.6 Å². The number of ether oxygens (including phenoxy) is 2. The van der Waals surface area contributed by atoms with Crippen LogP contribution in [0.4, 0.5) is 4.39 Å². The Hall–Kier alpha value is -2.11. The monoisotopic (exact) mass is 256 g/mol. The van der Waals surface area contributed by atoms with E-state index in [0.717, 1.165) is 7.11 Å². The molecule has 0 saturated heterocycles. The lowest BCUT2D eigenvalue weighted by Crippen LogP contribution is -2.45. The van der Waals surface area contributed by atoms with Crippen LogP contribution < -0.4 is 4.74 Å². The zero-order valence-electron chi connectivity index (χ0n) is 9.97. The number of carboxylic acids is 1. The largest absolute Gasteiger partial charge is 0.496 e. The molecule has 0 amide bonds. The fourth-order valence-electron chi connectivity index (χ4n) is 1.51. The Morgan fingerprint density at radius 2 is 1.94 bits per heavy atom. The van der Waals surface area contributed by atoms with Crippen molar-refractivity contribution in [1.82, 2.24) is 0 Å². The van der Waals surface area contributed by atoms with Crippen LogP contribution in [0.2, 0.25) is 0 Å². The molecule has 0 aliphatic heterocycles. The summed E-state index contributed by atoms with van der Waals surface area (Å²) in [4.78, 5) is 22.2. The number of aliphatic carboxylic acids is 1. The number of alkyl halides is 1. The van der Waals surface area contributed by atoms with Crippen molar-refractivity contribution >= 4 is 11.9 Å². The summed E-state index contributed by atoms with van der Waals surface area (Å²) in [5, 5.41) is 8.84. The molecule has 0 saturated carbocycles. The molecule has 0 aromatic heterocycles. The Labute approximate surface area is 103 Å². The second kappa shape index (κ2) is 5.48. The smallest absolute Gasteiger partial charge is 0.355 e. The van der Waals surface area contributed by atoms with Crippen LogP contribution in [0, 0.1) is 0 Å². The highest BCUT2D eigenvalue weighted by atomic mass is 19.1. The Balaban J connectivity index is 3.12. The van der Waals surface area contributed by atoms with Gasteiger partial charge in [-0.3, -0.25) is 0 Å². The molecule has 1 aromatic carbocycles. The number of halogens is 1. The second-order valence-electron chi connectivity index (χ2n) is 3.59. The van der Waals surface area contributed by atoms with Crippen LogP contribution in [-0.2, 0) is 20.7 Å². The average molecular weight is 256 g/mol. The summed E-state index contributed by atoms with van der Waals surface area (Å²) in [5.74, 6) is -3.02. The number of para-hydroxylation sites is 1. The molecule has 18 heavy (non-hydrogen) atoms. The van der Waals surface area contributed by atoms with E-state index in [-0.39, 0.29) is 5.56 Å². The van der Waals surface area contributed by atoms with E-state index in [1.807, 2.05) is 0 Å². The first kappa shape index (κ1) is 14.0. The maximum atomic E-state index is 14.2. The lowest BCUT2D eigenvalue weighted by molar-refractivity contribution is -0.169. The fraction of sp³-hybridized carbons (Fsp3) is 0.333. The van der Waals surface area contributed by atoms with Crippen molar-refractivity contribution in [2.75, 3.05) is 14.2 Å². The van der Waals surface area contributed by atoms with Crippen molar-refractivity contribution in [2.24, 2.45) is 0 Å². The number of methoxy groups -OCH3 is 2. The van der Waals surface area contributed by atoms with Gasteiger partial charge in [0.2, 0.25) is 0 Å². The SMILES string of the molecule is COC(=O)C(F)(Cc1ccccc1OC)C(=O)O. The molecule has 98 valence electrons. The minimum atomic E-state index is -3.12. The zero-order chi connectivity index (χ0) is 13.8. The average Bonchev–Trinajstić information content (AvgIpc) is 2.37. The summed E-state index contributed by atoms with van der Waals surface area (Å²) in [5.41, 5.74) is -2.85. The lowest BCUT2D eigenvalue weighted by atomic mass is 9.96. The van der Waals surface area contributed by atoms with Crippen molar-refractivity contribution < 1.29 is 28.6 Å². The van der Waals surface area contributed by atoms with E-state index in [2.05, 4.69) is 4.74 Å². The molecule has 0 heterocycles. The maximum Gasteiger partial charge on any atom is 0.355 e.